The zero-order valence-corrected chi connectivity index (χ0v) is 17.1. The van der Waals surface area contributed by atoms with Crippen LogP contribution < -0.4 is 15.8 Å². The van der Waals surface area contributed by atoms with Gasteiger partial charge in [0.25, 0.3) is 11.5 Å². The van der Waals surface area contributed by atoms with Gasteiger partial charge in [-0.1, -0.05) is 12.1 Å². The number of hydrogen-bond donors (Lipinski definition) is 2. The van der Waals surface area contributed by atoms with Crippen LogP contribution in [0.25, 0.3) is 10.9 Å². The molecule has 162 valence electrons. The molecule has 3 heterocycles. The Bertz CT molecular complexity index is 1290. The summed E-state index contributed by atoms with van der Waals surface area (Å²) in [6, 6.07) is 7.43. The van der Waals surface area contributed by atoms with Gasteiger partial charge in [-0.05, 0) is 25.1 Å². The fraction of sp³-hybridized carbons (Fsp3) is 0.318. The lowest BCUT2D eigenvalue weighted by Crippen LogP contribution is -2.46. The summed E-state index contributed by atoms with van der Waals surface area (Å²) in [5.41, 5.74) is -0.00761. The lowest BCUT2D eigenvalue weighted by Gasteiger charge is -2.36. The predicted molar refractivity (Wildman–Crippen MR) is 114 cm³/mol. The van der Waals surface area contributed by atoms with E-state index >= 15 is 4.39 Å². The number of anilines is 1. The summed E-state index contributed by atoms with van der Waals surface area (Å²) in [6.45, 7) is 0.432. The van der Waals surface area contributed by atoms with Gasteiger partial charge in [0.05, 0.1) is 11.2 Å². The van der Waals surface area contributed by atoms with Gasteiger partial charge in [0.15, 0.2) is 5.82 Å². The maximum absolute atomic E-state index is 15.2. The Kier molecular flexibility index (Phi) is 5.01. The normalized spacial score (nSPS) is 16.2. The maximum atomic E-state index is 15.2. The van der Waals surface area contributed by atoms with Crippen molar-refractivity contribution in [2.24, 2.45) is 0 Å². The first-order valence-corrected chi connectivity index (χ1v) is 9.84. The number of aromatic nitrogens is 2. The van der Waals surface area contributed by atoms with E-state index < -0.39 is 29.7 Å². The summed E-state index contributed by atoms with van der Waals surface area (Å²) in [7, 11) is 1.43. The van der Waals surface area contributed by atoms with Crippen molar-refractivity contribution in [3.63, 3.8) is 0 Å². The fourth-order valence-electron chi connectivity index (χ4n) is 3.58. The van der Waals surface area contributed by atoms with E-state index in [1.54, 1.807) is 24.0 Å². The number of fused-ring (bicyclic) bond motifs is 1. The van der Waals surface area contributed by atoms with E-state index in [-0.39, 0.29) is 48.6 Å². The highest BCUT2D eigenvalue weighted by Crippen LogP contribution is 2.23. The highest BCUT2D eigenvalue weighted by molar-refractivity contribution is 5.92. The van der Waals surface area contributed by atoms with Gasteiger partial charge in [-0.3, -0.25) is 14.5 Å². The van der Waals surface area contributed by atoms with Crippen molar-refractivity contribution in [1.29, 1.82) is 0 Å². The number of piperazine rings is 1. The maximum Gasteiger partial charge on any atom is 0.269 e. The van der Waals surface area contributed by atoms with E-state index in [1.165, 1.54) is 30.1 Å². The molecule has 0 saturated carbocycles. The van der Waals surface area contributed by atoms with E-state index in [0.29, 0.717) is 10.9 Å². The zero-order chi connectivity index (χ0) is 23.9. The van der Waals surface area contributed by atoms with Gasteiger partial charge in [0.1, 0.15) is 5.69 Å². The van der Waals surface area contributed by atoms with Gasteiger partial charge in [-0.25, -0.2) is 9.37 Å². The molecule has 2 N–H and O–H groups in total. The number of aryl methyl sites for hydroxylation is 1. The number of benzene rings is 1. The smallest absolute Gasteiger partial charge is 0.269 e. The molecule has 1 amide bonds. The van der Waals surface area contributed by atoms with Gasteiger partial charge in [0, 0.05) is 59.0 Å². The molecule has 0 atom stereocenters. The second kappa shape index (κ2) is 8.43. The molecule has 1 aliphatic heterocycles. The van der Waals surface area contributed by atoms with E-state index in [1.807, 2.05) is 0 Å². The molecule has 3 aromatic rings. The molecule has 1 aromatic carbocycles. The highest BCUT2D eigenvalue weighted by atomic mass is 19.1. The van der Waals surface area contributed by atoms with Crippen LogP contribution in [0.3, 0.4) is 0 Å². The first-order valence-electron chi connectivity index (χ1n) is 10.8. The third-order valence-corrected chi connectivity index (χ3v) is 5.33. The van der Waals surface area contributed by atoms with Crippen LogP contribution in [0.5, 0.6) is 0 Å². The fourth-order valence-corrected chi connectivity index (χ4v) is 3.58. The summed E-state index contributed by atoms with van der Waals surface area (Å²) in [6.07, 6.45) is 0. The summed E-state index contributed by atoms with van der Waals surface area (Å²) in [5, 5.41) is 2.87. The zero-order valence-electron chi connectivity index (χ0n) is 19.1. The van der Waals surface area contributed by atoms with Crippen molar-refractivity contribution in [3.05, 3.63) is 69.3 Å². The SMILES string of the molecule is [2H]C([2H])(c1ccc2cc(C)c(=O)[nH]c2c1F)N1CCN(c2ccc(C(=O)NC)nc2F)CC1. The number of halogens is 2. The molecule has 0 spiro atoms. The second-order valence-electron chi connectivity index (χ2n) is 7.34. The summed E-state index contributed by atoms with van der Waals surface area (Å²) in [5.74, 6) is -2.09. The molecule has 0 unspecified atom stereocenters. The Morgan fingerprint density at radius 2 is 1.97 bits per heavy atom. The van der Waals surface area contributed by atoms with Crippen LogP contribution in [0, 0.1) is 18.7 Å². The Hall–Kier alpha value is -3.33. The Labute approximate surface area is 180 Å². The Balaban J connectivity index is 1.55. The van der Waals surface area contributed by atoms with E-state index in [2.05, 4.69) is 15.3 Å². The molecule has 7 nitrogen and oxygen atoms in total. The number of H-pyrrole nitrogens is 1. The van der Waals surface area contributed by atoms with Crippen LogP contribution in [0.15, 0.2) is 35.1 Å². The van der Waals surface area contributed by atoms with Gasteiger partial charge < -0.3 is 15.2 Å². The predicted octanol–water partition coefficient (Wildman–Crippen LogP) is 2.19. The van der Waals surface area contributed by atoms with E-state index in [4.69, 9.17) is 2.74 Å². The molecule has 9 heteroatoms. The van der Waals surface area contributed by atoms with E-state index in [9.17, 15) is 14.0 Å². The molecular weight excluding hydrogens is 404 g/mol. The van der Waals surface area contributed by atoms with Crippen LogP contribution in [-0.2, 0) is 6.50 Å². The number of rotatable bonds is 4. The van der Waals surface area contributed by atoms with Crippen molar-refractivity contribution >= 4 is 22.5 Å². The van der Waals surface area contributed by atoms with Crippen LogP contribution in [0.2, 0.25) is 0 Å². The number of pyridine rings is 2. The number of aromatic amines is 1. The Morgan fingerprint density at radius 1 is 1.23 bits per heavy atom. The summed E-state index contributed by atoms with van der Waals surface area (Å²) in [4.78, 5) is 32.9. The number of amides is 1. The quantitative estimate of drug-likeness (QED) is 0.622. The van der Waals surface area contributed by atoms with Gasteiger partial charge in [0.2, 0.25) is 5.95 Å². The summed E-state index contributed by atoms with van der Waals surface area (Å²) < 4.78 is 46.9. The van der Waals surface area contributed by atoms with Gasteiger partial charge in [-0.15, -0.1) is 0 Å². The average Bonchev–Trinajstić information content (AvgIpc) is 2.80. The first kappa shape index (κ1) is 18.4. The van der Waals surface area contributed by atoms with Crippen molar-refractivity contribution in [1.82, 2.24) is 20.2 Å². The topological polar surface area (TPSA) is 81.3 Å². The molecule has 4 rings (SSSR count). The minimum Gasteiger partial charge on any atom is -0.365 e. The molecular formula is C22H23F2N5O2. The van der Waals surface area contributed by atoms with E-state index in [0.717, 1.165) is 0 Å². The lowest BCUT2D eigenvalue weighted by molar-refractivity contribution is 0.0957. The lowest BCUT2D eigenvalue weighted by atomic mass is 10.1. The van der Waals surface area contributed by atoms with Crippen molar-refractivity contribution in [2.75, 3.05) is 38.1 Å². The number of hydrogen-bond acceptors (Lipinski definition) is 5. The molecule has 1 aliphatic rings. The monoisotopic (exact) mass is 429 g/mol. The second-order valence-corrected chi connectivity index (χ2v) is 7.34. The minimum atomic E-state index is -2.15. The van der Waals surface area contributed by atoms with Crippen molar-refractivity contribution in [2.45, 2.75) is 13.4 Å². The third kappa shape index (κ3) is 4.13. The Morgan fingerprint density at radius 3 is 2.65 bits per heavy atom. The molecule has 1 fully saturated rings. The molecule has 2 aromatic heterocycles. The third-order valence-electron chi connectivity index (χ3n) is 5.33. The van der Waals surface area contributed by atoms with Crippen LogP contribution in [0.4, 0.5) is 14.5 Å². The number of carbonyl (C=O) groups excluding carboxylic acids is 1. The van der Waals surface area contributed by atoms with Gasteiger partial charge >= 0.3 is 0 Å². The molecule has 31 heavy (non-hydrogen) atoms. The van der Waals surface area contributed by atoms with Crippen LogP contribution in [0.1, 0.15) is 24.4 Å². The summed E-state index contributed by atoms with van der Waals surface area (Å²) >= 11 is 0. The van der Waals surface area contributed by atoms with Crippen LogP contribution >= 0.6 is 0 Å². The first-order chi connectivity index (χ1) is 15.6. The minimum absolute atomic E-state index is 0.0324. The largest absolute Gasteiger partial charge is 0.365 e. The standard InChI is InChI=1S/C22H23F2N5O2/c1-13-11-14-3-4-15(18(23)19(14)27-21(13)30)12-28-7-9-29(10-8-28)17-6-5-16(22(31)25-2)26-20(17)24/h3-6,11H,7-10,12H2,1-2H3,(H,25,31)(H,27,30)/i12D2. The van der Waals surface area contributed by atoms with Crippen molar-refractivity contribution in [3.8, 4) is 0 Å². The number of nitrogens with one attached hydrogen (secondary N) is 2. The molecule has 0 bridgehead atoms. The highest BCUT2D eigenvalue weighted by Gasteiger charge is 2.22. The molecule has 0 radical (unpaired) electrons. The number of nitrogens with zero attached hydrogens (tertiary/aromatic N) is 3. The van der Waals surface area contributed by atoms with Gasteiger partial charge in [-0.2, -0.15) is 4.39 Å². The van der Waals surface area contributed by atoms with Crippen LogP contribution in [-0.4, -0.2) is 54.0 Å². The average molecular weight is 429 g/mol. The molecule has 1 saturated heterocycles. The molecule has 0 aliphatic carbocycles. The number of carbonyl (C=O) groups is 1. The van der Waals surface area contributed by atoms with Crippen molar-refractivity contribution < 1.29 is 16.3 Å².